The highest BCUT2D eigenvalue weighted by Crippen LogP contribution is 2.34. The Bertz CT molecular complexity index is 518. The smallest absolute Gasteiger partial charge is 0.200 e. The van der Waals surface area contributed by atoms with Crippen LogP contribution in [-0.2, 0) is 0 Å². The molecule has 0 atom stereocenters. The molecule has 20 heavy (non-hydrogen) atoms. The minimum atomic E-state index is -0.467. The van der Waals surface area contributed by atoms with E-state index < -0.39 is 5.75 Å². The van der Waals surface area contributed by atoms with Crippen molar-refractivity contribution in [2.24, 2.45) is 0 Å². The lowest BCUT2D eigenvalue weighted by Crippen LogP contribution is -1.78. The summed E-state index contributed by atoms with van der Waals surface area (Å²) in [5.74, 6) is -0.754. The van der Waals surface area contributed by atoms with E-state index in [-0.39, 0.29) is 23.0 Å². The molecule has 0 fully saturated rings. The van der Waals surface area contributed by atoms with Crippen molar-refractivity contribution in [1.82, 2.24) is 0 Å². The topological polar surface area (TPSA) is 101 Å². The first-order chi connectivity index (χ1) is 9.22. The van der Waals surface area contributed by atoms with Crippen molar-refractivity contribution in [3.05, 3.63) is 41.0 Å². The quantitative estimate of drug-likeness (QED) is 0.477. The van der Waals surface area contributed by atoms with E-state index in [1.54, 1.807) is 26.0 Å². The molecule has 0 aliphatic heterocycles. The van der Waals surface area contributed by atoms with Crippen LogP contribution in [0.4, 0.5) is 0 Å². The number of benzene rings is 2. The Kier molecular flexibility index (Phi) is 4.69. The summed E-state index contributed by atoms with van der Waals surface area (Å²) in [5, 5.41) is 44.8. The first-order valence-electron chi connectivity index (χ1n) is 5.93. The third-order valence-electron chi connectivity index (χ3n) is 2.71. The van der Waals surface area contributed by atoms with E-state index in [9.17, 15) is 0 Å². The van der Waals surface area contributed by atoms with Gasteiger partial charge in [-0.1, -0.05) is 0 Å². The van der Waals surface area contributed by atoms with Gasteiger partial charge in [0.15, 0.2) is 17.2 Å². The second-order valence-corrected chi connectivity index (χ2v) is 4.58. The van der Waals surface area contributed by atoms with Gasteiger partial charge in [0.05, 0.1) is 0 Å². The van der Waals surface area contributed by atoms with Crippen molar-refractivity contribution in [2.45, 2.75) is 20.8 Å². The molecule has 5 nitrogen and oxygen atoms in total. The number of aromatic hydroxyl groups is 5. The van der Waals surface area contributed by atoms with Gasteiger partial charge in [-0.3, -0.25) is 0 Å². The minimum absolute atomic E-state index is 0.150. The Balaban J connectivity index is 0.000000200. The first kappa shape index (κ1) is 15.5. The summed E-state index contributed by atoms with van der Waals surface area (Å²) in [6, 6.07) is 5.98. The van der Waals surface area contributed by atoms with E-state index in [2.05, 4.69) is 0 Å². The van der Waals surface area contributed by atoms with Gasteiger partial charge in [-0.2, -0.15) is 0 Å². The van der Waals surface area contributed by atoms with Crippen LogP contribution in [0.3, 0.4) is 0 Å². The van der Waals surface area contributed by atoms with Crippen LogP contribution >= 0.6 is 0 Å². The number of rotatable bonds is 0. The number of aryl methyl sites for hydroxylation is 2. The number of phenolic OH excluding ortho intramolecular Hbond substituents is 5. The monoisotopic (exact) mass is 278 g/mol. The zero-order valence-corrected chi connectivity index (χ0v) is 11.5. The molecule has 5 heteroatoms. The van der Waals surface area contributed by atoms with E-state index in [0.717, 1.165) is 5.56 Å². The number of hydrogen-bond donors (Lipinski definition) is 5. The zero-order valence-electron chi connectivity index (χ0n) is 11.5. The number of hydrogen-bond acceptors (Lipinski definition) is 5. The van der Waals surface area contributed by atoms with Crippen molar-refractivity contribution >= 4 is 0 Å². The second kappa shape index (κ2) is 6.06. The molecule has 2 aromatic carbocycles. The maximum Gasteiger partial charge on any atom is 0.200 e. The van der Waals surface area contributed by atoms with Crippen molar-refractivity contribution in [1.29, 1.82) is 0 Å². The summed E-state index contributed by atoms with van der Waals surface area (Å²) in [4.78, 5) is 0. The Hall–Kier alpha value is -2.56. The molecule has 0 radical (unpaired) electrons. The highest BCUT2D eigenvalue weighted by molar-refractivity contribution is 5.50. The fourth-order valence-electron chi connectivity index (χ4n) is 1.56. The molecule has 0 aliphatic rings. The molecule has 108 valence electrons. The summed E-state index contributed by atoms with van der Waals surface area (Å²) in [6.45, 7) is 5.20. The number of phenols is 5. The lowest BCUT2D eigenvalue weighted by Gasteiger charge is -2.01. The second-order valence-electron chi connectivity index (χ2n) is 4.58. The summed E-state index contributed by atoms with van der Waals surface area (Å²) in [7, 11) is 0. The molecule has 0 bridgehead atoms. The molecule has 2 aromatic rings. The fraction of sp³-hybridized carbons (Fsp3) is 0.200. The Labute approximate surface area is 117 Å². The minimum Gasteiger partial charge on any atom is -0.508 e. The van der Waals surface area contributed by atoms with E-state index in [1.165, 1.54) is 12.1 Å². The van der Waals surface area contributed by atoms with Gasteiger partial charge in [-0.05, 0) is 56.2 Å². The first-order valence-corrected chi connectivity index (χ1v) is 5.93. The molecule has 0 aliphatic carbocycles. The van der Waals surface area contributed by atoms with Crippen LogP contribution in [0.2, 0.25) is 0 Å². The van der Waals surface area contributed by atoms with Gasteiger partial charge in [0.2, 0.25) is 0 Å². The van der Waals surface area contributed by atoms with Crippen LogP contribution in [0.25, 0.3) is 0 Å². The molecule has 5 N–H and O–H groups in total. The lowest BCUT2D eigenvalue weighted by molar-refractivity contribution is 0.367. The van der Waals surface area contributed by atoms with Gasteiger partial charge in [-0.15, -0.1) is 0 Å². The normalized spacial score (nSPS) is 9.75. The lowest BCUT2D eigenvalue weighted by atomic mass is 10.1. The Morgan fingerprint density at radius 1 is 0.550 bits per heavy atom. The van der Waals surface area contributed by atoms with Crippen molar-refractivity contribution in [2.75, 3.05) is 0 Å². The van der Waals surface area contributed by atoms with Crippen molar-refractivity contribution in [3.8, 4) is 28.7 Å². The van der Waals surface area contributed by atoms with Gasteiger partial charge in [0.25, 0.3) is 0 Å². The van der Waals surface area contributed by atoms with E-state index in [4.69, 9.17) is 25.5 Å². The van der Waals surface area contributed by atoms with Crippen molar-refractivity contribution < 1.29 is 25.5 Å². The standard InChI is InChI=1S/C8H10O2.C7H8O3/c1-5-3-7(9)6(2)8(10)4-5;1-4-2-5(8)7(10)6(9)3-4/h3-4,9-10H,1-2H3;2-3,8-10H,1H3. The van der Waals surface area contributed by atoms with Crippen molar-refractivity contribution in [3.63, 3.8) is 0 Å². The van der Waals surface area contributed by atoms with Gasteiger partial charge >= 0.3 is 0 Å². The Morgan fingerprint density at radius 2 is 0.850 bits per heavy atom. The van der Waals surface area contributed by atoms with E-state index in [0.29, 0.717) is 11.1 Å². The van der Waals surface area contributed by atoms with Crippen LogP contribution < -0.4 is 0 Å². The van der Waals surface area contributed by atoms with Gasteiger partial charge < -0.3 is 25.5 Å². The maximum absolute atomic E-state index is 9.12. The maximum atomic E-state index is 9.12. The third kappa shape index (κ3) is 3.71. The molecule has 0 spiro atoms. The highest BCUT2D eigenvalue weighted by atomic mass is 16.3. The molecule has 0 saturated heterocycles. The third-order valence-corrected chi connectivity index (χ3v) is 2.71. The zero-order chi connectivity index (χ0) is 15.4. The highest BCUT2D eigenvalue weighted by Gasteiger charge is 2.04. The van der Waals surface area contributed by atoms with Crippen LogP contribution in [0.15, 0.2) is 24.3 Å². The fourth-order valence-corrected chi connectivity index (χ4v) is 1.56. The van der Waals surface area contributed by atoms with Gasteiger partial charge in [0, 0.05) is 5.56 Å². The van der Waals surface area contributed by atoms with Crippen LogP contribution in [0.5, 0.6) is 28.7 Å². The van der Waals surface area contributed by atoms with Crippen LogP contribution in [-0.4, -0.2) is 25.5 Å². The largest absolute Gasteiger partial charge is 0.508 e. The molecular weight excluding hydrogens is 260 g/mol. The summed E-state index contributed by atoms with van der Waals surface area (Å²) in [5.41, 5.74) is 2.10. The summed E-state index contributed by atoms with van der Waals surface area (Å²) in [6.07, 6.45) is 0. The molecule has 0 amide bonds. The molecule has 0 saturated carbocycles. The summed E-state index contributed by atoms with van der Waals surface area (Å²) < 4.78 is 0. The van der Waals surface area contributed by atoms with E-state index in [1.807, 2.05) is 6.92 Å². The molecule has 2 rings (SSSR count). The molecular formula is C15H18O5. The SMILES string of the molecule is Cc1cc(O)c(C)c(O)c1.Cc1cc(O)c(O)c(O)c1. The Morgan fingerprint density at radius 3 is 1.20 bits per heavy atom. The predicted octanol–water partition coefficient (Wildman–Crippen LogP) is 2.83. The molecule has 0 aromatic heterocycles. The van der Waals surface area contributed by atoms with Gasteiger partial charge in [0.1, 0.15) is 11.5 Å². The molecule has 0 heterocycles. The van der Waals surface area contributed by atoms with Gasteiger partial charge in [-0.25, -0.2) is 0 Å². The molecule has 0 unspecified atom stereocenters. The van der Waals surface area contributed by atoms with E-state index >= 15 is 0 Å². The summed E-state index contributed by atoms with van der Waals surface area (Å²) >= 11 is 0. The average Bonchev–Trinajstić information content (AvgIpc) is 2.33. The van der Waals surface area contributed by atoms with Crippen LogP contribution in [0, 0.1) is 20.8 Å². The van der Waals surface area contributed by atoms with Crippen LogP contribution in [0.1, 0.15) is 16.7 Å². The predicted molar refractivity (Wildman–Crippen MR) is 75.4 cm³/mol. The average molecular weight is 278 g/mol.